The van der Waals surface area contributed by atoms with Crippen molar-refractivity contribution in [3.63, 3.8) is 0 Å². The van der Waals surface area contributed by atoms with Crippen LogP contribution in [-0.2, 0) is 16.2 Å². The Morgan fingerprint density at radius 3 is 2.39 bits per heavy atom. The molecule has 4 aromatic rings. The normalized spacial score (nSPS) is 14.4. The highest BCUT2D eigenvalue weighted by Gasteiger charge is 2.35. The van der Waals surface area contributed by atoms with Gasteiger partial charge in [-0.05, 0) is 104 Å². The number of rotatable bonds is 7. The predicted octanol–water partition coefficient (Wildman–Crippen LogP) is 5.86. The molecule has 1 saturated heterocycles. The summed E-state index contributed by atoms with van der Waals surface area (Å²) in [6, 6.07) is 22.8. The Morgan fingerprint density at radius 1 is 1.00 bits per heavy atom. The summed E-state index contributed by atoms with van der Waals surface area (Å²) in [5.74, 6) is -1.71. The van der Waals surface area contributed by atoms with E-state index in [1.165, 1.54) is 24.3 Å². The first-order valence-corrected chi connectivity index (χ1v) is 13.3. The number of carbonyl (C=O) groups is 3. The number of ether oxygens (including phenoxy) is 1. The minimum Gasteiger partial charge on any atom is -0.489 e. The standard InChI is InChI=1S/C31H24ClN3O5S/c1-18-14-22(16-27-28(36)33-31(41)35(29(27)37)25-5-3-4-21(15-25)30(38)39)19(2)34(18)24-10-12-26(13-11-24)40-17-20-6-8-23(32)9-7-20/h3-16H,17H2,1-2H3,(H,38,39)(H,33,36,41). The molecule has 1 aromatic heterocycles. The Labute approximate surface area is 246 Å². The van der Waals surface area contributed by atoms with Crippen molar-refractivity contribution in [3.05, 3.63) is 118 Å². The van der Waals surface area contributed by atoms with Crippen molar-refractivity contribution < 1.29 is 24.2 Å². The predicted molar refractivity (Wildman–Crippen MR) is 161 cm³/mol. The van der Waals surface area contributed by atoms with E-state index in [4.69, 9.17) is 28.6 Å². The highest BCUT2D eigenvalue weighted by molar-refractivity contribution is 7.80. The largest absolute Gasteiger partial charge is 0.489 e. The van der Waals surface area contributed by atoms with Crippen LogP contribution in [0.4, 0.5) is 5.69 Å². The highest BCUT2D eigenvalue weighted by Crippen LogP contribution is 2.27. The Balaban J connectivity index is 1.40. The van der Waals surface area contributed by atoms with Crippen LogP contribution in [0, 0.1) is 13.8 Å². The third kappa shape index (κ3) is 5.77. The summed E-state index contributed by atoms with van der Waals surface area (Å²) < 4.78 is 7.91. The summed E-state index contributed by atoms with van der Waals surface area (Å²) in [4.78, 5) is 38.8. The van der Waals surface area contributed by atoms with Crippen LogP contribution in [0.5, 0.6) is 5.75 Å². The van der Waals surface area contributed by atoms with Crippen molar-refractivity contribution in [1.82, 2.24) is 9.88 Å². The van der Waals surface area contributed by atoms with Crippen LogP contribution in [0.1, 0.15) is 32.9 Å². The number of aryl methyl sites for hydroxylation is 1. The van der Waals surface area contributed by atoms with Gasteiger partial charge in [-0.3, -0.25) is 19.8 Å². The van der Waals surface area contributed by atoms with E-state index in [0.717, 1.165) is 27.5 Å². The van der Waals surface area contributed by atoms with Crippen LogP contribution in [0.15, 0.2) is 84.4 Å². The number of nitrogens with one attached hydrogen (secondary N) is 1. The quantitative estimate of drug-likeness (QED) is 0.160. The molecule has 0 aliphatic carbocycles. The Morgan fingerprint density at radius 2 is 1.71 bits per heavy atom. The van der Waals surface area contributed by atoms with Crippen molar-refractivity contribution >= 4 is 58.5 Å². The van der Waals surface area contributed by atoms with Gasteiger partial charge in [-0.15, -0.1) is 0 Å². The molecule has 0 spiro atoms. The Hall–Kier alpha value is -4.73. The third-order valence-corrected chi connectivity index (χ3v) is 7.17. The van der Waals surface area contributed by atoms with Crippen LogP contribution in [0.25, 0.3) is 11.8 Å². The molecule has 0 radical (unpaired) electrons. The number of thiocarbonyl (C=S) groups is 1. The van der Waals surface area contributed by atoms with Gasteiger partial charge in [-0.1, -0.05) is 29.8 Å². The number of carbonyl (C=O) groups excluding carboxylic acids is 2. The third-order valence-electron chi connectivity index (χ3n) is 6.64. The van der Waals surface area contributed by atoms with Gasteiger partial charge in [0.2, 0.25) is 0 Å². The number of halogens is 1. The van der Waals surface area contributed by atoms with Crippen LogP contribution in [-0.4, -0.2) is 32.6 Å². The van der Waals surface area contributed by atoms with Gasteiger partial charge in [-0.25, -0.2) is 4.79 Å². The van der Waals surface area contributed by atoms with Gasteiger partial charge in [0.1, 0.15) is 17.9 Å². The van der Waals surface area contributed by atoms with E-state index in [1.54, 1.807) is 6.07 Å². The van der Waals surface area contributed by atoms with Gasteiger partial charge in [0.15, 0.2) is 5.11 Å². The molecule has 0 unspecified atom stereocenters. The fraction of sp³-hybridized carbons (Fsp3) is 0.0968. The van der Waals surface area contributed by atoms with Crippen LogP contribution in [0.2, 0.25) is 5.02 Å². The van der Waals surface area contributed by atoms with Crippen molar-refractivity contribution in [1.29, 1.82) is 0 Å². The van der Waals surface area contributed by atoms with Crippen LogP contribution >= 0.6 is 23.8 Å². The molecule has 1 fully saturated rings. The molecule has 206 valence electrons. The lowest BCUT2D eigenvalue weighted by atomic mass is 10.1. The molecule has 2 N–H and O–H groups in total. The first-order valence-electron chi connectivity index (χ1n) is 12.5. The second-order valence-electron chi connectivity index (χ2n) is 9.38. The number of amides is 2. The van der Waals surface area contributed by atoms with Crippen LogP contribution < -0.4 is 15.0 Å². The molecule has 0 atom stereocenters. The molecular formula is C31H24ClN3O5S. The number of hydrogen-bond donors (Lipinski definition) is 2. The summed E-state index contributed by atoms with van der Waals surface area (Å²) in [7, 11) is 0. The lowest BCUT2D eigenvalue weighted by molar-refractivity contribution is -0.122. The smallest absolute Gasteiger partial charge is 0.335 e. The maximum absolute atomic E-state index is 13.5. The molecule has 1 aliphatic heterocycles. The second-order valence-corrected chi connectivity index (χ2v) is 10.2. The average molecular weight is 586 g/mol. The highest BCUT2D eigenvalue weighted by atomic mass is 35.5. The summed E-state index contributed by atoms with van der Waals surface area (Å²) in [6.45, 7) is 4.24. The van der Waals surface area contributed by atoms with E-state index < -0.39 is 17.8 Å². The van der Waals surface area contributed by atoms with E-state index in [2.05, 4.69) is 5.32 Å². The molecule has 5 rings (SSSR count). The number of hydrogen-bond acceptors (Lipinski definition) is 5. The first kappa shape index (κ1) is 27.8. The molecule has 3 aromatic carbocycles. The Bertz CT molecular complexity index is 1730. The number of anilines is 1. The van der Waals surface area contributed by atoms with Gasteiger partial charge >= 0.3 is 5.97 Å². The number of aromatic nitrogens is 1. The summed E-state index contributed by atoms with van der Waals surface area (Å²) in [5, 5.41) is 12.4. The summed E-state index contributed by atoms with van der Waals surface area (Å²) in [6.07, 6.45) is 1.52. The number of benzene rings is 3. The van der Waals surface area contributed by atoms with Crippen molar-refractivity contribution in [2.24, 2.45) is 0 Å². The molecule has 2 amide bonds. The van der Waals surface area contributed by atoms with E-state index in [0.29, 0.717) is 22.9 Å². The minimum atomic E-state index is -1.14. The molecule has 0 saturated carbocycles. The maximum atomic E-state index is 13.5. The SMILES string of the molecule is Cc1cc(C=C2C(=O)NC(=S)N(c3cccc(C(=O)O)c3)C2=O)c(C)n1-c1ccc(OCc2ccc(Cl)cc2)cc1. The summed E-state index contributed by atoms with van der Waals surface area (Å²) in [5.41, 5.74) is 4.40. The maximum Gasteiger partial charge on any atom is 0.335 e. The second kappa shape index (κ2) is 11.4. The van der Waals surface area contributed by atoms with Gasteiger partial charge < -0.3 is 14.4 Å². The fourth-order valence-corrected chi connectivity index (χ4v) is 5.00. The van der Waals surface area contributed by atoms with Gasteiger partial charge in [-0.2, -0.15) is 0 Å². The van der Waals surface area contributed by atoms with Gasteiger partial charge in [0, 0.05) is 22.1 Å². The van der Waals surface area contributed by atoms with E-state index in [-0.39, 0.29) is 21.9 Å². The molecular weight excluding hydrogens is 562 g/mol. The molecule has 8 nitrogen and oxygen atoms in total. The fourth-order valence-electron chi connectivity index (χ4n) is 4.60. The number of nitrogens with zero attached hydrogens (tertiary/aromatic N) is 2. The zero-order valence-electron chi connectivity index (χ0n) is 22.1. The number of aromatic carboxylic acids is 1. The lowest BCUT2D eigenvalue weighted by Gasteiger charge is -2.29. The zero-order valence-corrected chi connectivity index (χ0v) is 23.6. The van der Waals surface area contributed by atoms with E-state index >= 15 is 0 Å². The molecule has 41 heavy (non-hydrogen) atoms. The van der Waals surface area contributed by atoms with E-state index in [1.807, 2.05) is 73.0 Å². The summed E-state index contributed by atoms with van der Waals surface area (Å²) >= 11 is 11.2. The number of carboxylic acid groups (broad SMARTS) is 1. The minimum absolute atomic E-state index is 0.00882. The van der Waals surface area contributed by atoms with Crippen molar-refractivity contribution in [2.75, 3.05) is 4.90 Å². The molecule has 0 bridgehead atoms. The molecule has 1 aliphatic rings. The Kier molecular flexibility index (Phi) is 7.74. The van der Waals surface area contributed by atoms with Gasteiger partial charge in [0.25, 0.3) is 11.8 Å². The van der Waals surface area contributed by atoms with Crippen LogP contribution in [0.3, 0.4) is 0 Å². The monoisotopic (exact) mass is 585 g/mol. The first-order chi connectivity index (χ1) is 19.6. The van der Waals surface area contributed by atoms with Gasteiger partial charge in [0.05, 0.1) is 11.3 Å². The molecule has 2 heterocycles. The van der Waals surface area contributed by atoms with Crippen molar-refractivity contribution in [2.45, 2.75) is 20.5 Å². The molecule has 10 heteroatoms. The zero-order chi connectivity index (χ0) is 29.3. The number of carboxylic acids is 1. The van der Waals surface area contributed by atoms with Crippen molar-refractivity contribution in [3.8, 4) is 11.4 Å². The average Bonchev–Trinajstić information content (AvgIpc) is 3.23. The topological polar surface area (TPSA) is 101 Å². The van der Waals surface area contributed by atoms with E-state index in [9.17, 15) is 19.5 Å². The lowest BCUT2D eigenvalue weighted by Crippen LogP contribution is -2.54.